The molecule has 0 radical (unpaired) electrons. The average Bonchev–Trinajstić information content (AvgIpc) is 2.93. The number of amides is 1. The highest BCUT2D eigenvalue weighted by atomic mass is 16.5. The maximum absolute atomic E-state index is 13.1. The predicted molar refractivity (Wildman–Crippen MR) is 142 cm³/mol. The summed E-state index contributed by atoms with van der Waals surface area (Å²) >= 11 is 0. The second-order valence-electron chi connectivity index (χ2n) is 9.20. The first-order valence-electron chi connectivity index (χ1n) is 12.3. The predicted octanol–water partition coefficient (Wildman–Crippen LogP) is 3.61. The van der Waals surface area contributed by atoms with Crippen LogP contribution in [0.15, 0.2) is 71.9 Å². The fourth-order valence-corrected chi connectivity index (χ4v) is 4.20. The Kier molecular flexibility index (Phi) is 8.60. The van der Waals surface area contributed by atoms with E-state index in [1.54, 1.807) is 42.5 Å². The van der Waals surface area contributed by atoms with E-state index < -0.39 is 0 Å². The third-order valence-electron chi connectivity index (χ3n) is 6.41. The van der Waals surface area contributed by atoms with Crippen LogP contribution in [0.25, 0.3) is 0 Å². The van der Waals surface area contributed by atoms with Crippen molar-refractivity contribution in [2.45, 2.75) is 50.9 Å². The van der Waals surface area contributed by atoms with E-state index in [9.17, 15) is 4.79 Å². The summed E-state index contributed by atoms with van der Waals surface area (Å²) in [5.74, 6) is 1.29. The van der Waals surface area contributed by atoms with Crippen LogP contribution in [0.3, 0.4) is 0 Å². The normalized spacial score (nSPS) is 17.7. The third-order valence-corrected chi connectivity index (χ3v) is 6.41. The number of carbonyl (C=O) groups is 1. The summed E-state index contributed by atoms with van der Waals surface area (Å²) in [5.41, 5.74) is 20.3. The average molecular weight is 504 g/mol. The van der Waals surface area contributed by atoms with Crippen molar-refractivity contribution in [3.63, 3.8) is 0 Å². The zero-order valence-corrected chi connectivity index (χ0v) is 20.6. The first-order chi connectivity index (χ1) is 17.9. The van der Waals surface area contributed by atoms with Crippen molar-refractivity contribution in [3.05, 3.63) is 89.0 Å². The molecule has 1 aliphatic carbocycles. The SMILES string of the molecule is NCc1ccc(COc2cc(Oc3ccc(C(N)=NO)cc3)cc(C(=O)NC3CCC(N)CC3)c2)cc1. The monoisotopic (exact) mass is 503 g/mol. The molecule has 0 aromatic heterocycles. The number of carbonyl (C=O) groups excluding carboxylic acids is 1. The van der Waals surface area contributed by atoms with Crippen LogP contribution in [0.2, 0.25) is 0 Å². The van der Waals surface area contributed by atoms with Gasteiger partial charge >= 0.3 is 0 Å². The lowest BCUT2D eigenvalue weighted by atomic mass is 9.91. The van der Waals surface area contributed by atoms with Crippen LogP contribution in [-0.2, 0) is 13.2 Å². The molecule has 0 spiro atoms. The van der Waals surface area contributed by atoms with Crippen molar-refractivity contribution < 1.29 is 19.5 Å². The first kappa shape index (κ1) is 26.0. The van der Waals surface area contributed by atoms with Gasteiger partial charge in [0.2, 0.25) is 0 Å². The van der Waals surface area contributed by atoms with Gasteiger partial charge in [-0.3, -0.25) is 4.79 Å². The van der Waals surface area contributed by atoms with Gasteiger partial charge in [-0.25, -0.2) is 0 Å². The topological polar surface area (TPSA) is 158 Å². The van der Waals surface area contributed by atoms with Crippen molar-refractivity contribution in [1.29, 1.82) is 0 Å². The molecule has 3 aromatic carbocycles. The van der Waals surface area contributed by atoms with Crippen LogP contribution >= 0.6 is 0 Å². The molecule has 0 atom stereocenters. The quantitative estimate of drug-likeness (QED) is 0.129. The molecule has 4 rings (SSSR count). The number of oxime groups is 1. The van der Waals surface area contributed by atoms with Gasteiger partial charge in [-0.15, -0.1) is 0 Å². The number of hydrogen-bond donors (Lipinski definition) is 5. The Bertz CT molecular complexity index is 1220. The van der Waals surface area contributed by atoms with Crippen LogP contribution in [0, 0.1) is 0 Å². The zero-order chi connectivity index (χ0) is 26.2. The largest absolute Gasteiger partial charge is 0.489 e. The molecule has 0 unspecified atom stereocenters. The molecule has 0 saturated heterocycles. The van der Waals surface area contributed by atoms with Crippen molar-refractivity contribution in [1.82, 2.24) is 5.32 Å². The maximum Gasteiger partial charge on any atom is 0.251 e. The summed E-state index contributed by atoms with van der Waals surface area (Å²) in [6.45, 7) is 0.802. The summed E-state index contributed by atoms with van der Waals surface area (Å²) in [7, 11) is 0. The maximum atomic E-state index is 13.1. The zero-order valence-electron chi connectivity index (χ0n) is 20.6. The smallest absolute Gasteiger partial charge is 0.251 e. The molecule has 1 fully saturated rings. The first-order valence-corrected chi connectivity index (χ1v) is 12.3. The summed E-state index contributed by atoms with van der Waals surface area (Å²) in [6, 6.07) is 20.0. The Balaban J connectivity index is 1.53. The Morgan fingerprint density at radius 2 is 1.54 bits per heavy atom. The van der Waals surface area contributed by atoms with E-state index in [1.165, 1.54) is 0 Å². The van der Waals surface area contributed by atoms with Gasteiger partial charge in [0.25, 0.3) is 5.91 Å². The van der Waals surface area contributed by atoms with Crippen LogP contribution in [0.4, 0.5) is 0 Å². The number of nitrogens with one attached hydrogen (secondary N) is 1. The minimum absolute atomic E-state index is 0.00377. The fourth-order valence-electron chi connectivity index (χ4n) is 4.20. The number of ether oxygens (including phenoxy) is 2. The number of amidine groups is 1. The number of nitrogens with zero attached hydrogens (tertiary/aromatic N) is 1. The van der Waals surface area contributed by atoms with E-state index in [0.29, 0.717) is 41.5 Å². The summed E-state index contributed by atoms with van der Waals surface area (Å²) < 4.78 is 12.1. The molecule has 1 amide bonds. The lowest BCUT2D eigenvalue weighted by Crippen LogP contribution is -2.40. The van der Waals surface area contributed by atoms with Crippen LogP contribution in [0.5, 0.6) is 17.2 Å². The van der Waals surface area contributed by atoms with E-state index in [-0.39, 0.29) is 23.8 Å². The molecular weight excluding hydrogens is 470 g/mol. The van der Waals surface area contributed by atoms with Gasteiger partial charge in [0, 0.05) is 35.8 Å². The van der Waals surface area contributed by atoms with Gasteiger partial charge in [-0.05, 0) is 73.2 Å². The van der Waals surface area contributed by atoms with Crippen LogP contribution in [0.1, 0.15) is 52.7 Å². The highest BCUT2D eigenvalue weighted by molar-refractivity contribution is 5.97. The summed E-state index contributed by atoms with van der Waals surface area (Å²) in [5, 5.41) is 15.0. The Labute approximate surface area is 216 Å². The third kappa shape index (κ3) is 7.22. The molecule has 3 aromatic rings. The fraction of sp³-hybridized carbons (Fsp3) is 0.286. The van der Waals surface area contributed by atoms with Crippen molar-refractivity contribution in [3.8, 4) is 17.2 Å². The lowest BCUT2D eigenvalue weighted by molar-refractivity contribution is 0.0925. The Morgan fingerprint density at radius 1 is 0.892 bits per heavy atom. The van der Waals surface area contributed by atoms with Crippen LogP contribution in [-0.4, -0.2) is 29.0 Å². The van der Waals surface area contributed by atoms with Gasteiger partial charge in [-0.1, -0.05) is 29.4 Å². The van der Waals surface area contributed by atoms with Crippen molar-refractivity contribution in [2.75, 3.05) is 0 Å². The molecule has 194 valence electrons. The van der Waals surface area contributed by atoms with Crippen molar-refractivity contribution in [2.24, 2.45) is 22.4 Å². The molecule has 1 saturated carbocycles. The highest BCUT2D eigenvalue weighted by Crippen LogP contribution is 2.29. The lowest BCUT2D eigenvalue weighted by Gasteiger charge is -2.26. The Hall–Kier alpha value is -4.08. The van der Waals surface area contributed by atoms with Gasteiger partial charge in [0.15, 0.2) is 5.84 Å². The number of rotatable bonds is 9. The van der Waals surface area contributed by atoms with Gasteiger partial charge in [-0.2, -0.15) is 0 Å². The standard InChI is InChI=1S/C28H33N5O4/c29-16-18-1-3-19(4-2-18)17-36-25-13-21(28(34)32-23-9-7-22(30)8-10-23)14-26(15-25)37-24-11-5-20(6-12-24)27(31)33-35/h1-6,11-15,22-23,35H,7-10,16-17,29-30H2,(H2,31,33)(H,32,34). The minimum atomic E-state index is -0.189. The molecular formula is C28H33N5O4. The number of benzene rings is 3. The minimum Gasteiger partial charge on any atom is -0.489 e. The molecule has 0 aliphatic heterocycles. The molecule has 1 aliphatic rings. The Morgan fingerprint density at radius 3 is 2.19 bits per heavy atom. The van der Waals surface area contributed by atoms with Crippen molar-refractivity contribution >= 4 is 11.7 Å². The van der Waals surface area contributed by atoms with Crippen LogP contribution < -0.4 is 32.0 Å². The van der Waals surface area contributed by atoms with Gasteiger partial charge in [0.05, 0.1) is 0 Å². The molecule has 0 heterocycles. The molecule has 9 nitrogen and oxygen atoms in total. The molecule has 9 heteroatoms. The number of hydrogen-bond acceptors (Lipinski definition) is 7. The molecule has 37 heavy (non-hydrogen) atoms. The van der Waals surface area contributed by atoms with Gasteiger partial charge in [0.1, 0.15) is 23.9 Å². The van der Waals surface area contributed by atoms with E-state index in [1.807, 2.05) is 24.3 Å². The summed E-state index contributed by atoms with van der Waals surface area (Å²) in [4.78, 5) is 13.1. The van der Waals surface area contributed by atoms with E-state index in [2.05, 4.69) is 10.5 Å². The van der Waals surface area contributed by atoms with E-state index in [0.717, 1.165) is 36.8 Å². The molecule has 8 N–H and O–H groups in total. The number of nitrogens with two attached hydrogens (primary N) is 3. The van der Waals surface area contributed by atoms with Gasteiger partial charge < -0.3 is 37.2 Å². The second kappa shape index (κ2) is 12.2. The highest BCUT2D eigenvalue weighted by Gasteiger charge is 2.21. The summed E-state index contributed by atoms with van der Waals surface area (Å²) in [6.07, 6.45) is 3.51. The van der Waals surface area contributed by atoms with E-state index in [4.69, 9.17) is 31.9 Å². The van der Waals surface area contributed by atoms with E-state index >= 15 is 0 Å². The molecule has 0 bridgehead atoms. The second-order valence-corrected chi connectivity index (χ2v) is 9.20.